The fourth-order valence-electron chi connectivity index (χ4n) is 2.33. The minimum Gasteiger partial charge on any atom is -0.506 e. The van der Waals surface area contributed by atoms with Gasteiger partial charge in [-0.2, -0.15) is 5.26 Å². The molecular weight excluding hydrogens is 328 g/mol. The maximum atomic E-state index is 12.3. The molecular formula is C16H14N4O5. The lowest BCUT2D eigenvalue weighted by molar-refractivity contribution is -0.384. The van der Waals surface area contributed by atoms with Crippen molar-refractivity contribution < 1.29 is 14.8 Å². The second-order valence-corrected chi connectivity index (χ2v) is 5.35. The predicted octanol–water partition coefficient (Wildman–Crippen LogP) is 1.59. The number of nitro benzene ring substituents is 1. The Kier molecular flexibility index (Phi) is 4.84. The van der Waals surface area contributed by atoms with Crippen molar-refractivity contribution >= 4 is 17.3 Å². The first-order valence-corrected chi connectivity index (χ1v) is 7.13. The molecule has 25 heavy (non-hydrogen) atoms. The van der Waals surface area contributed by atoms with Gasteiger partial charge in [0.2, 0.25) is 5.91 Å². The molecule has 2 aromatic rings. The third-order valence-electron chi connectivity index (χ3n) is 3.58. The molecule has 0 fully saturated rings. The van der Waals surface area contributed by atoms with E-state index in [1.54, 1.807) is 19.9 Å². The van der Waals surface area contributed by atoms with Crippen LogP contribution in [-0.4, -0.2) is 20.5 Å². The molecule has 0 aliphatic carbocycles. The van der Waals surface area contributed by atoms with Crippen molar-refractivity contribution in [1.82, 2.24) is 4.57 Å². The van der Waals surface area contributed by atoms with Gasteiger partial charge in [-0.25, -0.2) is 0 Å². The van der Waals surface area contributed by atoms with Crippen LogP contribution in [0.25, 0.3) is 0 Å². The van der Waals surface area contributed by atoms with E-state index in [-0.39, 0.29) is 23.5 Å². The van der Waals surface area contributed by atoms with Gasteiger partial charge in [-0.3, -0.25) is 19.7 Å². The van der Waals surface area contributed by atoms with Crippen LogP contribution in [0.3, 0.4) is 0 Å². The predicted molar refractivity (Wildman–Crippen MR) is 88.3 cm³/mol. The van der Waals surface area contributed by atoms with Crippen molar-refractivity contribution in [3.63, 3.8) is 0 Å². The smallest absolute Gasteiger partial charge is 0.273 e. The molecule has 0 unspecified atom stereocenters. The van der Waals surface area contributed by atoms with Crippen LogP contribution >= 0.6 is 0 Å². The van der Waals surface area contributed by atoms with Gasteiger partial charge in [0.25, 0.3) is 11.2 Å². The number of hydrogen-bond donors (Lipinski definition) is 2. The van der Waals surface area contributed by atoms with Crippen LogP contribution < -0.4 is 10.9 Å². The van der Waals surface area contributed by atoms with Crippen molar-refractivity contribution in [1.29, 1.82) is 5.26 Å². The number of carbonyl (C=O) groups is 1. The summed E-state index contributed by atoms with van der Waals surface area (Å²) >= 11 is 0. The molecule has 2 N–H and O–H groups in total. The maximum Gasteiger partial charge on any atom is 0.273 e. The van der Waals surface area contributed by atoms with E-state index in [9.17, 15) is 24.8 Å². The Morgan fingerprint density at radius 3 is 2.64 bits per heavy atom. The minimum atomic E-state index is -0.677. The minimum absolute atomic E-state index is 0.0195. The first-order chi connectivity index (χ1) is 11.7. The van der Waals surface area contributed by atoms with Crippen LogP contribution in [0.2, 0.25) is 0 Å². The van der Waals surface area contributed by atoms with Gasteiger partial charge in [0, 0.05) is 11.8 Å². The molecule has 0 saturated carbocycles. The number of nitro groups is 1. The fourth-order valence-corrected chi connectivity index (χ4v) is 2.33. The highest BCUT2D eigenvalue weighted by atomic mass is 16.6. The molecule has 1 aromatic carbocycles. The zero-order valence-corrected chi connectivity index (χ0v) is 13.4. The monoisotopic (exact) mass is 342 g/mol. The number of aromatic hydroxyl groups is 1. The SMILES string of the molecule is Cc1cc(C)n(CC(=O)Nc2ccc([N+](=O)[O-])cc2O)c(=O)c1C#N. The van der Waals surface area contributed by atoms with Crippen LogP contribution in [0.5, 0.6) is 5.75 Å². The lowest BCUT2D eigenvalue weighted by Gasteiger charge is -2.12. The number of nitrogens with zero attached hydrogens (tertiary/aromatic N) is 3. The van der Waals surface area contributed by atoms with E-state index in [0.717, 1.165) is 16.7 Å². The first-order valence-electron chi connectivity index (χ1n) is 7.13. The van der Waals surface area contributed by atoms with Gasteiger partial charge in [0.05, 0.1) is 16.7 Å². The topological polar surface area (TPSA) is 138 Å². The summed E-state index contributed by atoms with van der Waals surface area (Å²) in [6, 6.07) is 6.66. The van der Waals surface area contributed by atoms with Crippen LogP contribution in [0, 0.1) is 35.3 Å². The highest BCUT2D eigenvalue weighted by Crippen LogP contribution is 2.27. The summed E-state index contributed by atoms with van der Waals surface area (Å²) in [6.07, 6.45) is 0. The molecule has 128 valence electrons. The number of benzene rings is 1. The van der Waals surface area contributed by atoms with E-state index in [1.807, 2.05) is 6.07 Å². The zero-order valence-electron chi connectivity index (χ0n) is 13.4. The zero-order chi connectivity index (χ0) is 18.7. The van der Waals surface area contributed by atoms with Gasteiger partial charge in [0.15, 0.2) is 0 Å². The number of nitriles is 1. The summed E-state index contributed by atoms with van der Waals surface area (Å²) in [5, 5.41) is 31.8. The van der Waals surface area contributed by atoms with Crippen molar-refractivity contribution in [2.24, 2.45) is 0 Å². The molecule has 0 saturated heterocycles. The number of pyridine rings is 1. The van der Waals surface area contributed by atoms with Crippen molar-refractivity contribution in [2.75, 3.05) is 5.32 Å². The van der Waals surface area contributed by atoms with E-state index in [4.69, 9.17) is 5.26 Å². The Balaban J connectivity index is 2.26. The molecule has 1 heterocycles. The number of nitrogens with one attached hydrogen (secondary N) is 1. The Morgan fingerprint density at radius 2 is 2.08 bits per heavy atom. The maximum absolute atomic E-state index is 12.3. The number of rotatable bonds is 4. The van der Waals surface area contributed by atoms with Crippen molar-refractivity contribution in [3.05, 3.63) is 61.6 Å². The molecule has 9 nitrogen and oxygen atoms in total. The number of aryl methyl sites for hydroxylation is 2. The number of non-ortho nitro benzene ring substituents is 1. The van der Waals surface area contributed by atoms with Crippen LogP contribution in [0.15, 0.2) is 29.1 Å². The number of hydrogen-bond acceptors (Lipinski definition) is 6. The van der Waals surface area contributed by atoms with Gasteiger partial charge in [0.1, 0.15) is 23.9 Å². The molecule has 0 aliphatic rings. The van der Waals surface area contributed by atoms with Crippen LogP contribution in [0.1, 0.15) is 16.8 Å². The van der Waals surface area contributed by atoms with E-state index >= 15 is 0 Å². The Bertz CT molecular complexity index is 972. The Morgan fingerprint density at radius 1 is 1.40 bits per heavy atom. The summed E-state index contributed by atoms with van der Waals surface area (Å²) in [5.41, 5.74) is 0.0626. The third kappa shape index (κ3) is 3.64. The normalized spacial score (nSPS) is 10.1. The lowest BCUT2D eigenvalue weighted by atomic mass is 10.1. The van der Waals surface area contributed by atoms with E-state index in [2.05, 4.69) is 5.32 Å². The molecule has 0 spiro atoms. The van der Waals surface area contributed by atoms with Gasteiger partial charge in [-0.05, 0) is 31.5 Å². The Labute approximate surface area is 141 Å². The van der Waals surface area contributed by atoms with Crippen molar-refractivity contribution in [2.45, 2.75) is 20.4 Å². The molecule has 0 atom stereocenters. The highest BCUT2D eigenvalue weighted by molar-refractivity contribution is 5.92. The standard InChI is InChI=1S/C16H14N4O5/c1-9-5-10(2)19(16(23)12(9)7-17)8-15(22)18-13-4-3-11(20(24)25)6-14(13)21/h3-6,21H,8H2,1-2H3,(H,18,22). The summed E-state index contributed by atoms with van der Waals surface area (Å²) in [5.74, 6) is -1.09. The third-order valence-corrected chi connectivity index (χ3v) is 3.58. The van der Waals surface area contributed by atoms with Crippen LogP contribution in [-0.2, 0) is 11.3 Å². The molecule has 1 aromatic heterocycles. The number of phenolic OH excluding ortho intramolecular Hbond substituents is 1. The molecule has 1 amide bonds. The number of anilines is 1. The summed E-state index contributed by atoms with van der Waals surface area (Å²) < 4.78 is 1.14. The average molecular weight is 342 g/mol. The van der Waals surface area contributed by atoms with E-state index < -0.39 is 22.1 Å². The van der Waals surface area contributed by atoms with Gasteiger partial charge >= 0.3 is 0 Å². The van der Waals surface area contributed by atoms with Gasteiger partial charge in [-0.15, -0.1) is 0 Å². The van der Waals surface area contributed by atoms with Gasteiger partial charge < -0.3 is 15.0 Å². The number of phenols is 1. The summed E-state index contributed by atoms with van der Waals surface area (Å²) in [4.78, 5) is 34.4. The first kappa shape index (κ1) is 17.7. The highest BCUT2D eigenvalue weighted by Gasteiger charge is 2.15. The quantitative estimate of drug-likeness (QED) is 0.491. The molecule has 0 bridgehead atoms. The van der Waals surface area contributed by atoms with Crippen LogP contribution in [0.4, 0.5) is 11.4 Å². The fraction of sp³-hybridized carbons (Fsp3) is 0.188. The molecule has 9 heteroatoms. The van der Waals surface area contributed by atoms with Crippen molar-refractivity contribution in [3.8, 4) is 11.8 Å². The second-order valence-electron chi connectivity index (χ2n) is 5.35. The molecule has 2 rings (SSSR count). The number of amides is 1. The Hall–Kier alpha value is -3.67. The van der Waals surface area contributed by atoms with E-state index in [1.165, 1.54) is 6.07 Å². The molecule has 0 radical (unpaired) electrons. The second kappa shape index (κ2) is 6.84. The molecule has 0 aliphatic heterocycles. The number of carbonyl (C=O) groups excluding carboxylic acids is 1. The number of aromatic nitrogens is 1. The summed E-state index contributed by atoms with van der Waals surface area (Å²) in [7, 11) is 0. The average Bonchev–Trinajstić information content (AvgIpc) is 2.53. The lowest BCUT2D eigenvalue weighted by Crippen LogP contribution is -2.31. The van der Waals surface area contributed by atoms with E-state index in [0.29, 0.717) is 11.3 Å². The van der Waals surface area contributed by atoms with Gasteiger partial charge in [-0.1, -0.05) is 0 Å². The summed E-state index contributed by atoms with van der Waals surface area (Å²) in [6.45, 7) is 2.90. The largest absolute Gasteiger partial charge is 0.506 e.